The van der Waals surface area contributed by atoms with E-state index in [2.05, 4.69) is 15.3 Å². The highest BCUT2D eigenvalue weighted by Crippen LogP contribution is 2.30. The molecule has 23 heavy (non-hydrogen) atoms. The van der Waals surface area contributed by atoms with Crippen molar-refractivity contribution in [2.45, 2.75) is 25.4 Å². The van der Waals surface area contributed by atoms with Crippen molar-refractivity contribution in [3.8, 4) is 0 Å². The quantitative estimate of drug-likeness (QED) is 0.651. The fourth-order valence-corrected chi connectivity index (χ4v) is 2.15. The second-order valence-corrected chi connectivity index (χ2v) is 5.56. The zero-order chi connectivity index (χ0) is 16.4. The van der Waals surface area contributed by atoms with Gasteiger partial charge in [0.2, 0.25) is 11.8 Å². The van der Waals surface area contributed by atoms with Crippen molar-refractivity contribution in [1.29, 1.82) is 0 Å². The second kappa shape index (κ2) is 6.15. The van der Waals surface area contributed by atoms with Crippen LogP contribution in [0, 0.1) is 15.9 Å². The van der Waals surface area contributed by atoms with Gasteiger partial charge in [0.25, 0.3) is 0 Å². The first kappa shape index (κ1) is 15.1. The van der Waals surface area contributed by atoms with Crippen molar-refractivity contribution >= 4 is 17.5 Å². The predicted octanol–water partition coefficient (Wildman–Crippen LogP) is 2.73. The van der Waals surface area contributed by atoms with Crippen LogP contribution in [-0.2, 0) is 6.54 Å². The van der Waals surface area contributed by atoms with E-state index in [1.54, 1.807) is 24.1 Å². The van der Waals surface area contributed by atoms with Gasteiger partial charge in [0.05, 0.1) is 4.92 Å². The SMILES string of the molecule is CN(Cc1ccc(F)cc1)c1ncc([N+](=O)[O-])c(NC2CC2)n1. The molecule has 0 saturated heterocycles. The number of anilines is 2. The third-order valence-electron chi connectivity index (χ3n) is 3.55. The summed E-state index contributed by atoms with van der Waals surface area (Å²) >= 11 is 0. The highest BCUT2D eigenvalue weighted by atomic mass is 19.1. The average molecular weight is 317 g/mol. The molecule has 1 fully saturated rings. The normalized spacial score (nSPS) is 13.7. The molecule has 0 amide bonds. The smallest absolute Gasteiger partial charge is 0.329 e. The zero-order valence-electron chi connectivity index (χ0n) is 12.6. The van der Waals surface area contributed by atoms with E-state index in [1.165, 1.54) is 18.3 Å². The Labute approximate surface area is 132 Å². The Morgan fingerprint density at radius 1 is 1.39 bits per heavy atom. The van der Waals surface area contributed by atoms with Crippen LogP contribution in [0.1, 0.15) is 18.4 Å². The van der Waals surface area contributed by atoms with Gasteiger partial charge in [-0.2, -0.15) is 4.98 Å². The minimum absolute atomic E-state index is 0.129. The summed E-state index contributed by atoms with van der Waals surface area (Å²) in [5, 5.41) is 14.1. The van der Waals surface area contributed by atoms with Gasteiger partial charge in [-0.3, -0.25) is 10.1 Å². The lowest BCUT2D eigenvalue weighted by molar-refractivity contribution is -0.384. The lowest BCUT2D eigenvalue weighted by atomic mass is 10.2. The molecule has 2 aromatic rings. The van der Waals surface area contributed by atoms with Crippen LogP contribution in [0.4, 0.5) is 21.8 Å². The Kier molecular flexibility index (Phi) is 4.05. The number of nitrogens with zero attached hydrogens (tertiary/aromatic N) is 4. The zero-order valence-corrected chi connectivity index (χ0v) is 12.6. The van der Waals surface area contributed by atoms with Crippen molar-refractivity contribution in [2.24, 2.45) is 0 Å². The summed E-state index contributed by atoms with van der Waals surface area (Å²) in [5.74, 6) is 0.329. The molecule has 0 unspecified atom stereocenters. The molecule has 120 valence electrons. The second-order valence-electron chi connectivity index (χ2n) is 5.56. The maximum atomic E-state index is 12.9. The molecule has 8 heteroatoms. The number of nitrogens with one attached hydrogen (secondary N) is 1. The molecule has 1 N–H and O–H groups in total. The molecule has 1 aliphatic rings. The summed E-state index contributed by atoms with van der Waals surface area (Å²) in [6, 6.07) is 6.39. The standard InChI is InChI=1S/C15H16FN5O2/c1-20(9-10-2-4-11(16)5-3-10)15-17-8-13(21(22)23)14(19-15)18-12-6-7-12/h2-5,8,12H,6-7,9H2,1H3,(H,17,18,19). The molecule has 0 atom stereocenters. The highest BCUT2D eigenvalue weighted by molar-refractivity contribution is 5.58. The maximum absolute atomic E-state index is 12.9. The first-order valence-corrected chi connectivity index (χ1v) is 7.26. The van der Waals surface area contributed by atoms with Crippen LogP contribution in [0.5, 0.6) is 0 Å². The number of hydrogen-bond donors (Lipinski definition) is 1. The van der Waals surface area contributed by atoms with Gasteiger partial charge in [0, 0.05) is 19.6 Å². The fraction of sp³-hybridized carbons (Fsp3) is 0.333. The van der Waals surface area contributed by atoms with Gasteiger partial charge in [-0.1, -0.05) is 12.1 Å². The van der Waals surface area contributed by atoms with Crippen molar-refractivity contribution in [3.63, 3.8) is 0 Å². The third kappa shape index (κ3) is 3.71. The van der Waals surface area contributed by atoms with E-state index in [0.717, 1.165) is 18.4 Å². The maximum Gasteiger partial charge on any atom is 0.329 e. The monoisotopic (exact) mass is 317 g/mol. The summed E-state index contributed by atoms with van der Waals surface area (Å²) in [6.07, 6.45) is 3.19. The van der Waals surface area contributed by atoms with Crippen molar-refractivity contribution < 1.29 is 9.31 Å². The molecule has 0 spiro atoms. The van der Waals surface area contributed by atoms with Crippen molar-refractivity contribution in [1.82, 2.24) is 9.97 Å². The molecule has 0 radical (unpaired) electrons. The molecule has 1 aromatic carbocycles. The van der Waals surface area contributed by atoms with Crippen LogP contribution in [0.15, 0.2) is 30.5 Å². The van der Waals surface area contributed by atoms with Crippen LogP contribution in [-0.4, -0.2) is 28.0 Å². The lowest BCUT2D eigenvalue weighted by Crippen LogP contribution is -2.20. The Morgan fingerprint density at radius 3 is 2.70 bits per heavy atom. The largest absolute Gasteiger partial charge is 0.361 e. The minimum atomic E-state index is -0.492. The summed E-state index contributed by atoms with van der Waals surface area (Å²) in [7, 11) is 1.78. The van der Waals surface area contributed by atoms with Gasteiger partial charge >= 0.3 is 5.69 Å². The first-order valence-electron chi connectivity index (χ1n) is 7.26. The summed E-state index contributed by atoms with van der Waals surface area (Å²) in [6.45, 7) is 0.473. The molecule has 3 rings (SSSR count). The topological polar surface area (TPSA) is 84.2 Å². The van der Waals surface area contributed by atoms with Gasteiger partial charge in [-0.15, -0.1) is 0 Å². The van der Waals surface area contributed by atoms with E-state index in [9.17, 15) is 14.5 Å². The van der Waals surface area contributed by atoms with E-state index >= 15 is 0 Å². The molecule has 1 saturated carbocycles. The highest BCUT2D eigenvalue weighted by Gasteiger charge is 2.27. The van der Waals surface area contributed by atoms with Gasteiger partial charge in [-0.25, -0.2) is 9.37 Å². The summed E-state index contributed by atoms with van der Waals surface area (Å²) in [5.41, 5.74) is 0.767. The minimum Gasteiger partial charge on any atom is -0.361 e. The van der Waals surface area contributed by atoms with Crippen LogP contribution in [0.2, 0.25) is 0 Å². The Hall–Kier alpha value is -2.77. The van der Waals surface area contributed by atoms with Crippen LogP contribution in [0.3, 0.4) is 0 Å². The fourth-order valence-electron chi connectivity index (χ4n) is 2.15. The first-order chi connectivity index (χ1) is 11.0. The molecule has 0 bridgehead atoms. The summed E-state index contributed by atoms with van der Waals surface area (Å²) in [4.78, 5) is 20.7. The number of hydrogen-bond acceptors (Lipinski definition) is 6. The Morgan fingerprint density at radius 2 is 2.09 bits per heavy atom. The van der Waals surface area contributed by atoms with Gasteiger partial charge in [-0.05, 0) is 30.5 Å². The van der Waals surface area contributed by atoms with Crippen LogP contribution >= 0.6 is 0 Å². The van der Waals surface area contributed by atoms with Gasteiger partial charge in [0.1, 0.15) is 12.0 Å². The molecular formula is C15H16FN5O2. The van der Waals surface area contributed by atoms with Gasteiger partial charge in [0.15, 0.2) is 0 Å². The van der Waals surface area contributed by atoms with Crippen LogP contribution < -0.4 is 10.2 Å². The molecule has 7 nitrogen and oxygen atoms in total. The van der Waals surface area contributed by atoms with E-state index in [4.69, 9.17) is 0 Å². The number of aromatic nitrogens is 2. The van der Waals surface area contributed by atoms with Crippen molar-refractivity contribution in [2.75, 3.05) is 17.3 Å². The van der Waals surface area contributed by atoms with E-state index < -0.39 is 4.92 Å². The molecular weight excluding hydrogens is 301 g/mol. The molecule has 0 aliphatic heterocycles. The van der Waals surface area contributed by atoms with Crippen LogP contribution in [0.25, 0.3) is 0 Å². The number of rotatable bonds is 6. The molecule has 1 aromatic heterocycles. The number of benzene rings is 1. The molecule has 1 heterocycles. The van der Waals surface area contributed by atoms with E-state index in [-0.39, 0.29) is 23.4 Å². The van der Waals surface area contributed by atoms with E-state index in [0.29, 0.717) is 12.5 Å². The molecule has 1 aliphatic carbocycles. The summed E-state index contributed by atoms with van der Waals surface area (Å²) < 4.78 is 12.9. The number of halogens is 1. The average Bonchev–Trinajstić information content (AvgIpc) is 3.33. The lowest BCUT2D eigenvalue weighted by Gasteiger charge is -2.17. The third-order valence-corrected chi connectivity index (χ3v) is 3.55. The number of nitro groups is 1. The van der Waals surface area contributed by atoms with Crippen molar-refractivity contribution in [3.05, 3.63) is 52.0 Å². The van der Waals surface area contributed by atoms with E-state index in [1.807, 2.05) is 0 Å². The Balaban J connectivity index is 1.80. The Bertz CT molecular complexity index is 718. The predicted molar refractivity (Wildman–Crippen MR) is 83.8 cm³/mol. The van der Waals surface area contributed by atoms with Gasteiger partial charge < -0.3 is 10.2 Å².